The van der Waals surface area contributed by atoms with Crippen molar-refractivity contribution in [3.63, 3.8) is 0 Å². The van der Waals surface area contributed by atoms with Crippen LogP contribution in [0.2, 0.25) is 5.02 Å². The van der Waals surface area contributed by atoms with Gasteiger partial charge in [0.2, 0.25) is 0 Å². The van der Waals surface area contributed by atoms with Gasteiger partial charge >= 0.3 is 0 Å². The number of hydrogen-bond donors (Lipinski definition) is 1. The standard InChI is InChI=1S/C13H16ClN/c14-11-4-2-1-3-10(11)5-12-6-13(7-12,8-12)9-15/h1-4H,5-9,15H2. The summed E-state index contributed by atoms with van der Waals surface area (Å²) in [7, 11) is 0. The summed E-state index contributed by atoms with van der Waals surface area (Å²) >= 11 is 6.17. The highest BCUT2D eigenvalue weighted by Crippen LogP contribution is 2.73. The molecule has 0 aliphatic heterocycles. The van der Waals surface area contributed by atoms with Crippen LogP contribution in [-0.4, -0.2) is 6.54 Å². The minimum absolute atomic E-state index is 0.529. The number of halogens is 1. The van der Waals surface area contributed by atoms with Crippen molar-refractivity contribution in [2.24, 2.45) is 16.6 Å². The van der Waals surface area contributed by atoms with Crippen LogP contribution in [-0.2, 0) is 6.42 Å². The Balaban J connectivity index is 1.72. The zero-order valence-corrected chi connectivity index (χ0v) is 9.56. The molecule has 0 atom stereocenters. The predicted octanol–water partition coefficient (Wildman–Crippen LogP) is 3.01. The van der Waals surface area contributed by atoms with Gasteiger partial charge in [-0.15, -0.1) is 0 Å². The monoisotopic (exact) mass is 221 g/mol. The van der Waals surface area contributed by atoms with E-state index in [0.717, 1.165) is 18.0 Å². The number of nitrogens with two attached hydrogens (primary N) is 1. The first-order valence-electron chi connectivity index (χ1n) is 5.61. The second-order valence-corrected chi connectivity index (χ2v) is 5.91. The molecule has 4 rings (SSSR count). The Morgan fingerprint density at radius 1 is 1.13 bits per heavy atom. The third-order valence-corrected chi connectivity index (χ3v) is 4.58. The van der Waals surface area contributed by atoms with Gasteiger partial charge in [0.05, 0.1) is 0 Å². The molecule has 0 radical (unpaired) electrons. The summed E-state index contributed by atoms with van der Waals surface area (Å²) in [6.07, 6.45) is 5.11. The van der Waals surface area contributed by atoms with Crippen LogP contribution in [0.3, 0.4) is 0 Å². The highest BCUT2D eigenvalue weighted by molar-refractivity contribution is 6.31. The molecule has 2 N–H and O–H groups in total. The van der Waals surface area contributed by atoms with Gasteiger partial charge in [0.25, 0.3) is 0 Å². The molecule has 3 fully saturated rings. The number of hydrogen-bond acceptors (Lipinski definition) is 1. The van der Waals surface area contributed by atoms with Gasteiger partial charge in [0.1, 0.15) is 0 Å². The lowest BCUT2D eigenvalue weighted by molar-refractivity contribution is -0.195. The first-order chi connectivity index (χ1) is 7.17. The normalized spacial score (nSPS) is 36.9. The Bertz CT molecular complexity index is 380. The van der Waals surface area contributed by atoms with Crippen LogP contribution in [0.1, 0.15) is 24.8 Å². The Kier molecular flexibility index (Phi) is 1.93. The van der Waals surface area contributed by atoms with Crippen molar-refractivity contribution < 1.29 is 0 Å². The van der Waals surface area contributed by atoms with E-state index < -0.39 is 0 Å². The van der Waals surface area contributed by atoms with Gasteiger partial charge in [0.15, 0.2) is 0 Å². The van der Waals surface area contributed by atoms with Crippen LogP contribution in [0, 0.1) is 10.8 Å². The Morgan fingerprint density at radius 2 is 1.80 bits per heavy atom. The summed E-state index contributed by atoms with van der Waals surface area (Å²) in [6, 6.07) is 8.21. The van der Waals surface area contributed by atoms with Crippen LogP contribution < -0.4 is 5.73 Å². The molecule has 1 nitrogen and oxygen atoms in total. The minimum atomic E-state index is 0.529. The fraction of sp³-hybridized carbons (Fsp3) is 0.538. The molecule has 0 saturated heterocycles. The molecule has 0 spiro atoms. The van der Waals surface area contributed by atoms with Gasteiger partial charge in [-0.2, -0.15) is 0 Å². The number of rotatable bonds is 3. The van der Waals surface area contributed by atoms with Gasteiger partial charge in [-0.05, 0) is 54.7 Å². The third-order valence-electron chi connectivity index (χ3n) is 4.21. The third kappa shape index (κ3) is 1.33. The topological polar surface area (TPSA) is 26.0 Å². The van der Waals surface area contributed by atoms with Crippen molar-refractivity contribution >= 4 is 11.6 Å². The van der Waals surface area contributed by atoms with E-state index in [1.165, 1.54) is 24.8 Å². The van der Waals surface area contributed by atoms with Gasteiger partial charge < -0.3 is 5.73 Å². The van der Waals surface area contributed by atoms with Crippen molar-refractivity contribution in [1.29, 1.82) is 0 Å². The molecule has 2 heteroatoms. The summed E-state index contributed by atoms with van der Waals surface area (Å²) in [5, 5.41) is 0.920. The molecule has 0 amide bonds. The Morgan fingerprint density at radius 3 is 2.40 bits per heavy atom. The van der Waals surface area contributed by atoms with E-state index in [-0.39, 0.29) is 0 Å². The zero-order chi connectivity index (χ0) is 10.5. The predicted molar refractivity (Wildman–Crippen MR) is 62.9 cm³/mol. The first-order valence-corrected chi connectivity index (χ1v) is 5.98. The van der Waals surface area contributed by atoms with Crippen molar-refractivity contribution in [3.8, 4) is 0 Å². The molecule has 3 aliphatic carbocycles. The Hall–Kier alpha value is -0.530. The number of benzene rings is 1. The lowest BCUT2D eigenvalue weighted by atomic mass is 9.34. The summed E-state index contributed by atoms with van der Waals surface area (Å²) in [6.45, 7) is 0.872. The molecule has 2 bridgehead atoms. The van der Waals surface area contributed by atoms with E-state index in [1.54, 1.807) is 0 Å². The van der Waals surface area contributed by atoms with E-state index in [9.17, 15) is 0 Å². The van der Waals surface area contributed by atoms with E-state index in [2.05, 4.69) is 12.1 Å². The fourth-order valence-electron chi connectivity index (χ4n) is 3.68. The average Bonchev–Trinajstić information content (AvgIpc) is 2.11. The van der Waals surface area contributed by atoms with Crippen LogP contribution in [0.25, 0.3) is 0 Å². The van der Waals surface area contributed by atoms with Crippen LogP contribution in [0.4, 0.5) is 0 Å². The fourth-order valence-corrected chi connectivity index (χ4v) is 3.88. The lowest BCUT2D eigenvalue weighted by Gasteiger charge is -2.71. The summed E-state index contributed by atoms with van der Waals surface area (Å²) in [5.41, 5.74) is 8.16. The lowest BCUT2D eigenvalue weighted by Crippen LogP contribution is -2.65. The Labute approximate surface area is 95.6 Å². The summed E-state index contributed by atoms with van der Waals surface area (Å²) < 4.78 is 0. The molecule has 1 aromatic carbocycles. The SMILES string of the molecule is NCC12CC(Cc3ccccc3Cl)(C1)C2. The molecule has 3 aliphatic rings. The second kappa shape index (κ2) is 2.99. The van der Waals surface area contributed by atoms with Crippen LogP contribution >= 0.6 is 11.6 Å². The zero-order valence-electron chi connectivity index (χ0n) is 8.80. The molecule has 80 valence electrons. The van der Waals surface area contributed by atoms with Gasteiger partial charge in [0, 0.05) is 5.02 Å². The molecule has 3 saturated carbocycles. The van der Waals surface area contributed by atoms with Gasteiger partial charge in [-0.1, -0.05) is 29.8 Å². The molecule has 0 unspecified atom stereocenters. The largest absolute Gasteiger partial charge is 0.330 e. The second-order valence-electron chi connectivity index (χ2n) is 5.50. The highest BCUT2D eigenvalue weighted by Gasteiger charge is 2.66. The van der Waals surface area contributed by atoms with Crippen LogP contribution in [0.5, 0.6) is 0 Å². The maximum Gasteiger partial charge on any atom is 0.0438 e. The van der Waals surface area contributed by atoms with Crippen molar-refractivity contribution in [1.82, 2.24) is 0 Å². The maximum absolute atomic E-state index is 6.17. The van der Waals surface area contributed by atoms with E-state index in [0.29, 0.717) is 10.8 Å². The van der Waals surface area contributed by atoms with Crippen molar-refractivity contribution in [2.75, 3.05) is 6.54 Å². The van der Waals surface area contributed by atoms with Crippen molar-refractivity contribution in [2.45, 2.75) is 25.7 Å². The minimum Gasteiger partial charge on any atom is -0.330 e. The molecule has 1 aromatic rings. The van der Waals surface area contributed by atoms with Gasteiger partial charge in [-0.3, -0.25) is 0 Å². The maximum atomic E-state index is 6.17. The molecule has 15 heavy (non-hydrogen) atoms. The molecular formula is C13H16ClN. The molecular weight excluding hydrogens is 206 g/mol. The first kappa shape index (κ1) is 9.68. The summed E-state index contributed by atoms with van der Waals surface area (Å²) in [4.78, 5) is 0. The average molecular weight is 222 g/mol. The quantitative estimate of drug-likeness (QED) is 0.835. The smallest absolute Gasteiger partial charge is 0.0438 e. The molecule has 0 aromatic heterocycles. The van der Waals surface area contributed by atoms with E-state index in [1.807, 2.05) is 12.1 Å². The van der Waals surface area contributed by atoms with E-state index in [4.69, 9.17) is 17.3 Å². The highest BCUT2D eigenvalue weighted by atomic mass is 35.5. The van der Waals surface area contributed by atoms with Gasteiger partial charge in [-0.25, -0.2) is 0 Å². The van der Waals surface area contributed by atoms with Crippen LogP contribution in [0.15, 0.2) is 24.3 Å². The summed E-state index contributed by atoms with van der Waals surface area (Å²) in [5.74, 6) is 0. The molecule has 0 heterocycles. The van der Waals surface area contributed by atoms with E-state index >= 15 is 0 Å². The van der Waals surface area contributed by atoms with Crippen molar-refractivity contribution in [3.05, 3.63) is 34.9 Å².